The van der Waals surface area contributed by atoms with Crippen LogP contribution in [0.5, 0.6) is 0 Å². The van der Waals surface area contributed by atoms with Gasteiger partial charge in [-0.2, -0.15) is 0 Å². The van der Waals surface area contributed by atoms with Crippen LogP contribution in [0.3, 0.4) is 0 Å². The number of hydrogen-bond donors (Lipinski definition) is 0. The van der Waals surface area contributed by atoms with Crippen LogP contribution in [0.2, 0.25) is 0 Å². The largest absolute Gasteiger partial charge is 0.371 e. The van der Waals surface area contributed by atoms with E-state index in [1.54, 1.807) is 13.0 Å². The second-order valence-electron chi connectivity index (χ2n) is 3.63. The Hall–Kier alpha value is -1.05. The first kappa shape index (κ1) is 8.54. The molecule has 0 bridgehead atoms. The third kappa shape index (κ3) is 1.67. The lowest BCUT2D eigenvalue weighted by atomic mass is 10.2. The summed E-state index contributed by atoms with van der Waals surface area (Å²) in [5, 5.41) is 0. The summed E-state index contributed by atoms with van der Waals surface area (Å²) in [4.78, 5) is 2.24. The molecule has 70 valence electrons. The van der Waals surface area contributed by atoms with E-state index in [2.05, 4.69) is 4.90 Å². The van der Waals surface area contributed by atoms with E-state index in [0.29, 0.717) is 0 Å². The molecule has 1 aliphatic heterocycles. The quantitative estimate of drug-likeness (QED) is 0.640. The molecule has 2 rings (SSSR count). The van der Waals surface area contributed by atoms with Gasteiger partial charge in [0.1, 0.15) is 5.82 Å². The highest BCUT2D eigenvalue weighted by Crippen LogP contribution is 2.22. The van der Waals surface area contributed by atoms with Crippen LogP contribution >= 0.6 is 0 Å². The van der Waals surface area contributed by atoms with Crippen molar-refractivity contribution in [3.8, 4) is 0 Å². The third-order valence-electron chi connectivity index (χ3n) is 2.63. The van der Waals surface area contributed by atoms with Crippen LogP contribution in [-0.4, -0.2) is 13.1 Å². The Morgan fingerprint density at radius 2 is 1.92 bits per heavy atom. The third-order valence-corrected chi connectivity index (χ3v) is 2.63. The highest BCUT2D eigenvalue weighted by Gasteiger charge is 2.12. The Kier molecular flexibility index (Phi) is 2.21. The van der Waals surface area contributed by atoms with E-state index in [9.17, 15) is 4.39 Å². The fraction of sp³-hybridized carbons (Fsp3) is 0.455. The van der Waals surface area contributed by atoms with Gasteiger partial charge < -0.3 is 4.90 Å². The summed E-state index contributed by atoms with van der Waals surface area (Å²) >= 11 is 0. The number of aryl methyl sites for hydroxylation is 1. The van der Waals surface area contributed by atoms with Gasteiger partial charge in [0.15, 0.2) is 0 Å². The molecule has 0 aromatic heterocycles. The van der Waals surface area contributed by atoms with Gasteiger partial charge in [0.2, 0.25) is 0 Å². The fourth-order valence-electron chi connectivity index (χ4n) is 1.75. The summed E-state index contributed by atoms with van der Waals surface area (Å²) in [7, 11) is 0. The minimum atomic E-state index is -0.0931. The SMILES string of the molecule is Cc1ccc(N2CCCC2)cc1F. The molecule has 1 aromatic rings. The predicted molar refractivity (Wildman–Crippen MR) is 52.6 cm³/mol. The van der Waals surface area contributed by atoms with Crippen LogP contribution in [0.4, 0.5) is 10.1 Å². The summed E-state index contributed by atoms with van der Waals surface area (Å²) in [6.07, 6.45) is 2.46. The molecule has 0 radical (unpaired) electrons. The molecule has 0 saturated carbocycles. The second kappa shape index (κ2) is 3.36. The number of hydrogen-bond acceptors (Lipinski definition) is 1. The van der Waals surface area contributed by atoms with Crippen LogP contribution in [0.1, 0.15) is 18.4 Å². The maximum Gasteiger partial charge on any atom is 0.128 e. The van der Waals surface area contributed by atoms with Crippen molar-refractivity contribution in [3.05, 3.63) is 29.6 Å². The minimum Gasteiger partial charge on any atom is -0.371 e. The standard InChI is InChI=1S/C11H14FN/c1-9-4-5-10(8-11(9)12)13-6-2-3-7-13/h4-5,8H,2-3,6-7H2,1H3. The van der Waals surface area contributed by atoms with E-state index in [4.69, 9.17) is 0 Å². The molecule has 1 nitrogen and oxygen atoms in total. The molecule has 0 unspecified atom stereocenters. The average molecular weight is 179 g/mol. The Balaban J connectivity index is 2.25. The molecule has 0 spiro atoms. The van der Waals surface area contributed by atoms with Crippen molar-refractivity contribution in [3.63, 3.8) is 0 Å². The molecule has 1 aromatic carbocycles. The predicted octanol–water partition coefficient (Wildman–Crippen LogP) is 2.73. The van der Waals surface area contributed by atoms with Gasteiger partial charge in [0.05, 0.1) is 0 Å². The summed E-state index contributed by atoms with van der Waals surface area (Å²) in [6, 6.07) is 5.49. The van der Waals surface area contributed by atoms with Crippen molar-refractivity contribution in [2.45, 2.75) is 19.8 Å². The van der Waals surface area contributed by atoms with Gasteiger partial charge in [-0.3, -0.25) is 0 Å². The van der Waals surface area contributed by atoms with Crippen molar-refractivity contribution in [2.75, 3.05) is 18.0 Å². The lowest BCUT2D eigenvalue weighted by Crippen LogP contribution is -2.17. The number of nitrogens with zero attached hydrogens (tertiary/aromatic N) is 1. The Morgan fingerprint density at radius 1 is 1.23 bits per heavy atom. The normalized spacial score (nSPS) is 16.6. The summed E-state index contributed by atoms with van der Waals surface area (Å²) in [5.41, 5.74) is 1.75. The maximum absolute atomic E-state index is 13.2. The van der Waals surface area contributed by atoms with E-state index < -0.39 is 0 Å². The maximum atomic E-state index is 13.2. The number of anilines is 1. The molecule has 1 saturated heterocycles. The molecule has 1 heterocycles. The smallest absolute Gasteiger partial charge is 0.128 e. The first-order chi connectivity index (χ1) is 6.27. The minimum absolute atomic E-state index is 0.0931. The molecule has 0 N–H and O–H groups in total. The van der Waals surface area contributed by atoms with Crippen LogP contribution < -0.4 is 4.90 Å². The molecule has 0 amide bonds. The second-order valence-corrected chi connectivity index (χ2v) is 3.63. The monoisotopic (exact) mass is 179 g/mol. The van der Waals surface area contributed by atoms with Crippen molar-refractivity contribution in [1.82, 2.24) is 0 Å². The first-order valence-electron chi connectivity index (χ1n) is 4.78. The highest BCUT2D eigenvalue weighted by atomic mass is 19.1. The van der Waals surface area contributed by atoms with Crippen LogP contribution in [0, 0.1) is 12.7 Å². The van der Waals surface area contributed by atoms with Crippen molar-refractivity contribution >= 4 is 5.69 Å². The topological polar surface area (TPSA) is 3.24 Å². The fourth-order valence-corrected chi connectivity index (χ4v) is 1.75. The zero-order valence-electron chi connectivity index (χ0n) is 7.89. The van der Waals surface area contributed by atoms with E-state index >= 15 is 0 Å². The van der Waals surface area contributed by atoms with Crippen molar-refractivity contribution in [2.24, 2.45) is 0 Å². The van der Waals surface area contributed by atoms with Gasteiger partial charge in [-0.05, 0) is 37.5 Å². The highest BCUT2D eigenvalue weighted by molar-refractivity contribution is 5.48. The Morgan fingerprint density at radius 3 is 2.54 bits per heavy atom. The van der Waals surface area contributed by atoms with Gasteiger partial charge >= 0.3 is 0 Å². The molecule has 1 fully saturated rings. The Bertz CT molecular complexity index is 303. The van der Waals surface area contributed by atoms with Gasteiger partial charge in [0.25, 0.3) is 0 Å². The van der Waals surface area contributed by atoms with Gasteiger partial charge in [-0.25, -0.2) is 4.39 Å². The van der Waals surface area contributed by atoms with Gasteiger partial charge in [0, 0.05) is 18.8 Å². The first-order valence-corrected chi connectivity index (χ1v) is 4.78. The van der Waals surface area contributed by atoms with Crippen LogP contribution in [-0.2, 0) is 0 Å². The molecule has 13 heavy (non-hydrogen) atoms. The summed E-state index contributed by atoms with van der Waals surface area (Å²) in [6.45, 7) is 3.94. The van der Waals surface area contributed by atoms with E-state index in [1.165, 1.54) is 12.8 Å². The van der Waals surface area contributed by atoms with E-state index in [1.807, 2.05) is 12.1 Å². The van der Waals surface area contributed by atoms with Crippen LogP contribution in [0.15, 0.2) is 18.2 Å². The zero-order chi connectivity index (χ0) is 9.26. The number of halogens is 1. The molecule has 1 aliphatic rings. The molecule has 2 heteroatoms. The molecule has 0 atom stereocenters. The van der Waals surface area contributed by atoms with E-state index in [-0.39, 0.29) is 5.82 Å². The lowest BCUT2D eigenvalue weighted by molar-refractivity contribution is 0.618. The lowest BCUT2D eigenvalue weighted by Gasteiger charge is -2.17. The molecular formula is C11H14FN. The summed E-state index contributed by atoms with van der Waals surface area (Å²) in [5.74, 6) is -0.0931. The average Bonchev–Trinajstić information content (AvgIpc) is 2.62. The van der Waals surface area contributed by atoms with Crippen molar-refractivity contribution < 1.29 is 4.39 Å². The van der Waals surface area contributed by atoms with E-state index in [0.717, 1.165) is 24.3 Å². The summed E-state index contributed by atoms with van der Waals surface area (Å²) < 4.78 is 13.2. The van der Waals surface area contributed by atoms with Crippen LogP contribution in [0.25, 0.3) is 0 Å². The van der Waals surface area contributed by atoms with Crippen molar-refractivity contribution in [1.29, 1.82) is 0 Å². The Labute approximate surface area is 78.2 Å². The molecule has 0 aliphatic carbocycles. The van der Waals surface area contributed by atoms with Gasteiger partial charge in [-0.1, -0.05) is 6.07 Å². The number of rotatable bonds is 1. The zero-order valence-corrected chi connectivity index (χ0v) is 7.89. The molecular weight excluding hydrogens is 165 g/mol. The number of benzene rings is 1. The van der Waals surface area contributed by atoms with Gasteiger partial charge in [-0.15, -0.1) is 0 Å².